The number of ether oxygens (including phenoxy) is 1. The van der Waals surface area contributed by atoms with Crippen LogP contribution in [0.15, 0.2) is 48.0 Å². The van der Waals surface area contributed by atoms with Crippen molar-refractivity contribution < 1.29 is 19.4 Å². The first kappa shape index (κ1) is 24.6. The number of aryl methyl sites for hydroxylation is 1. The first-order valence-electron chi connectivity index (χ1n) is 11.9. The lowest BCUT2D eigenvalue weighted by Crippen LogP contribution is -2.31. The molecule has 1 aliphatic rings. The van der Waals surface area contributed by atoms with E-state index in [0.717, 1.165) is 41.7 Å². The van der Waals surface area contributed by atoms with Gasteiger partial charge in [-0.2, -0.15) is 0 Å². The van der Waals surface area contributed by atoms with Gasteiger partial charge < -0.3 is 14.7 Å². The fourth-order valence-corrected chi connectivity index (χ4v) is 4.45. The number of nitrogens with zero attached hydrogens (tertiary/aromatic N) is 1. The Hall–Kier alpha value is -3.08. The molecular weight excluding hydrogens is 414 g/mol. The highest BCUT2D eigenvalue weighted by Crippen LogP contribution is 2.41. The molecule has 0 aromatic heterocycles. The summed E-state index contributed by atoms with van der Waals surface area (Å²) in [5.41, 5.74) is 3.47. The molecule has 0 aliphatic carbocycles. The summed E-state index contributed by atoms with van der Waals surface area (Å²) in [6.07, 6.45) is 2.80. The molecule has 5 heteroatoms. The van der Waals surface area contributed by atoms with E-state index >= 15 is 0 Å². The highest BCUT2D eigenvalue weighted by molar-refractivity contribution is 6.46. The predicted octanol–water partition coefficient (Wildman–Crippen LogP) is 6.13. The van der Waals surface area contributed by atoms with Crippen molar-refractivity contribution in [3.8, 4) is 5.75 Å². The minimum Gasteiger partial charge on any atom is -0.507 e. The molecule has 0 radical (unpaired) electrons. The highest BCUT2D eigenvalue weighted by Gasteiger charge is 2.46. The molecule has 176 valence electrons. The number of likely N-dealkylation sites (tertiary alicyclic amines) is 1. The zero-order valence-electron chi connectivity index (χ0n) is 20.4. The fourth-order valence-electron chi connectivity index (χ4n) is 4.45. The number of benzene rings is 2. The number of Topliss-reactive ketones (excluding diaryl/α,β-unsaturated/α-hetero) is 1. The van der Waals surface area contributed by atoms with Crippen molar-refractivity contribution in [3.05, 3.63) is 70.3 Å². The van der Waals surface area contributed by atoms with Crippen LogP contribution in [0.2, 0.25) is 0 Å². The molecule has 1 unspecified atom stereocenters. The van der Waals surface area contributed by atoms with E-state index in [4.69, 9.17) is 4.74 Å². The van der Waals surface area contributed by atoms with Crippen LogP contribution in [0.1, 0.15) is 81.2 Å². The van der Waals surface area contributed by atoms with E-state index in [-0.39, 0.29) is 17.3 Å². The van der Waals surface area contributed by atoms with E-state index < -0.39 is 17.7 Å². The third kappa shape index (κ3) is 4.97. The van der Waals surface area contributed by atoms with Crippen LogP contribution in [0, 0.1) is 6.92 Å². The Labute approximate surface area is 197 Å². The molecule has 1 saturated heterocycles. The Bertz CT molecular complexity index is 1050. The van der Waals surface area contributed by atoms with Gasteiger partial charge in [0, 0.05) is 12.1 Å². The molecule has 0 bridgehead atoms. The molecule has 1 heterocycles. The van der Waals surface area contributed by atoms with E-state index in [9.17, 15) is 14.7 Å². The van der Waals surface area contributed by atoms with Gasteiger partial charge in [-0.15, -0.1) is 0 Å². The average Bonchev–Trinajstić information content (AvgIpc) is 3.04. The number of aliphatic hydroxyl groups excluding tert-OH is 1. The first-order chi connectivity index (χ1) is 15.8. The summed E-state index contributed by atoms with van der Waals surface area (Å²) in [6, 6.07) is 12.6. The summed E-state index contributed by atoms with van der Waals surface area (Å²) in [7, 11) is 0. The molecule has 2 aromatic rings. The maximum Gasteiger partial charge on any atom is 0.295 e. The van der Waals surface area contributed by atoms with Crippen LogP contribution < -0.4 is 4.74 Å². The largest absolute Gasteiger partial charge is 0.507 e. The molecule has 1 aliphatic heterocycles. The summed E-state index contributed by atoms with van der Waals surface area (Å²) in [5.74, 6) is -0.375. The van der Waals surface area contributed by atoms with Crippen molar-refractivity contribution in [1.82, 2.24) is 4.90 Å². The van der Waals surface area contributed by atoms with Gasteiger partial charge in [-0.25, -0.2) is 0 Å². The number of aliphatic hydroxyl groups is 1. The Morgan fingerprint density at radius 3 is 2.45 bits per heavy atom. The van der Waals surface area contributed by atoms with E-state index in [2.05, 4.69) is 20.8 Å². The molecule has 1 fully saturated rings. The minimum absolute atomic E-state index is 0.135. The molecule has 33 heavy (non-hydrogen) atoms. The van der Waals surface area contributed by atoms with Crippen molar-refractivity contribution in [2.24, 2.45) is 0 Å². The molecule has 0 spiro atoms. The third-order valence-corrected chi connectivity index (χ3v) is 6.23. The summed E-state index contributed by atoms with van der Waals surface area (Å²) in [6.45, 7) is 11.1. The van der Waals surface area contributed by atoms with Crippen LogP contribution in [0.25, 0.3) is 5.76 Å². The monoisotopic (exact) mass is 449 g/mol. The van der Waals surface area contributed by atoms with Gasteiger partial charge in [0.15, 0.2) is 0 Å². The van der Waals surface area contributed by atoms with Crippen LogP contribution in [0.3, 0.4) is 0 Å². The Kier molecular flexibility index (Phi) is 7.96. The standard InChI is InChI=1S/C28H35NO4/c1-6-8-11-16-29-25(21-13-10-9-12-19(21)5)24(27(31)28(29)32)26(30)20-14-15-23(33-7-2)22(17-20)18(3)4/h9-10,12-15,17-18,25,30H,6-8,11,16H2,1-5H3/b26-24+. The molecule has 1 N–H and O–H groups in total. The number of amides is 1. The molecule has 1 atom stereocenters. The SMILES string of the molecule is CCCCCN1C(=O)C(=O)/C(=C(/O)c2ccc(OCC)c(C(C)C)c2)C1c1ccccc1C. The molecule has 5 nitrogen and oxygen atoms in total. The summed E-state index contributed by atoms with van der Waals surface area (Å²) in [5, 5.41) is 11.4. The Morgan fingerprint density at radius 1 is 1.09 bits per heavy atom. The van der Waals surface area contributed by atoms with Crippen molar-refractivity contribution in [1.29, 1.82) is 0 Å². The zero-order valence-corrected chi connectivity index (χ0v) is 20.4. The quantitative estimate of drug-likeness (QED) is 0.216. The highest BCUT2D eigenvalue weighted by atomic mass is 16.5. The van der Waals surface area contributed by atoms with Crippen LogP contribution in [-0.4, -0.2) is 34.8 Å². The van der Waals surface area contributed by atoms with Gasteiger partial charge in [-0.3, -0.25) is 9.59 Å². The average molecular weight is 450 g/mol. The lowest BCUT2D eigenvalue weighted by Gasteiger charge is -2.26. The van der Waals surface area contributed by atoms with E-state index in [1.165, 1.54) is 0 Å². The van der Waals surface area contributed by atoms with E-state index in [0.29, 0.717) is 18.7 Å². The lowest BCUT2D eigenvalue weighted by molar-refractivity contribution is -0.139. The maximum atomic E-state index is 13.2. The molecule has 2 aromatic carbocycles. The number of ketones is 1. The topological polar surface area (TPSA) is 66.8 Å². The second-order valence-corrected chi connectivity index (χ2v) is 8.90. The fraction of sp³-hybridized carbons (Fsp3) is 0.429. The first-order valence-corrected chi connectivity index (χ1v) is 11.9. The number of carbonyl (C=O) groups excluding carboxylic acids is 2. The molecular formula is C28H35NO4. The summed E-state index contributed by atoms with van der Waals surface area (Å²) >= 11 is 0. The van der Waals surface area contributed by atoms with Crippen LogP contribution in [0.5, 0.6) is 5.75 Å². The Balaban J connectivity index is 2.17. The predicted molar refractivity (Wildman–Crippen MR) is 131 cm³/mol. The molecule has 0 saturated carbocycles. The maximum absolute atomic E-state index is 13.2. The van der Waals surface area contributed by atoms with Gasteiger partial charge in [0.25, 0.3) is 11.7 Å². The second kappa shape index (κ2) is 10.7. The van der Waals surface area contributed by atoms with Gasteiger partial charge in [0.2, 0.25) is 0 Å². The summed E-state index contributed by atoms with van der Waals surface area (Å²) < 4.78 is 5.75. The van der Waals surface area contributed by atoms with Crippen molar-refractivity contribution in [3.63, 3.8) is 0 Å². The van der Waals surface area contributed by atoms with Gasteiger partial charge in [-0.05, 0) is 61.1 Å². The second-order valence-electron chi connectivity index (χ2n) is 8.90. The van der Waals surface area contributed by atoms with Crippen molar-refractivity contribution in [2.75, 3.05) is 13.2 Å². The summed E-state index contributed by atoms with van der Waals surface area (Å²) in [4.78, 5) is 27.9. The third-order valence-electron chi connectivity index (χ3n) is 6.23. The normalized spacial score (nSPS) is 17.8. The number of carbonyl (C=O) groups is 2. The number of hydrogen-bond acceptors (Lipinski definition) is 4. The van der Waals surface area contributed by atoms with Crippen LogP contribution in [0.4, 0.5) is 0 Å². The zero-order chi connectivity index (χ0) is 24.1. The van der Waals surface area contributed by atoms with Gasteiger partial charge in [-0.1, -0.05) is 57.9 Å². The van der Waals surface area contributed by atoms with Crippen molar-refractivity contribution >= 4 is 17.4 Å². The molecule has 3 rings (SSSR count). The molecule has 1 amide bonds. The smallest absolute Gasteiger partial charge is 0.295 e. The van der Waals surface area contributed by atoms with Gasteiger partial charge >= 0.3 is 0 Å². The van der Waals surface area contributed by atoms with Gasteiger partial charge in [0.1, 0.15) is 11.5 Å². The number of rotatable bonds is 9. The van der Waals surface area contributed by atoms with Crippen LogP contribution in [-0.2, 0) is 9.59 Å². The number of hydrogen-bond donors (Lipinski definition) is 1. The van der Waals surface area contributed by atoms with Crippen LogP contribution >= 0.6 is 0 Å². The van der Waals surface area contributed by atoms with Gasteiger partial charge in [0.05, 0.1) is 18.2 Å². The number of unbranched alkanes of at least 4 members (excludes halogenated alkanes) is 2. The lowest BCUT2D eigenvalue weighted by atomic mass is 9.91. The van der Waals surface area contributed by atoms with E-state index in [1.54, 1.807) is 11.0 Å². The van der Waals surface area contributed by atoms with E-state index in [1.807, 2.05) is 50.2 Å². The van der Waals surface area contributed by atoms with Crippen molar-refractivity contribution in [2.45, 2.75) is 65.8 Å². The minimum atomic E-state index is -0.628. The Morgan fingerprint density at radius 2 is 1.82 bits per heavy atom.